The van der Waals surface area contributed by atoms with Gasteiger partial charge in [-0.25, -0.2) is 4.57 Å². The first-order valence-corrected chi connectivity index (χ1v) is 25.3. The fourth-order valence-electron chi connectivity index (χ4n) is 6.00. The number of carbonyl (C=O) groups is 2. The molecule has 0 spiro atoms. The van der Waals surface area contributed by atoms with Gasteiger partial charge < -0.3 is 24.0 Å². The number of phosphoric ester groups is 1. The lowest BCUT2D eigenvalue weighted by Crippen LogP contribution is -2.37. The molecule has 2 unspecified atom stereocenters. The number of carbonyl (C=O) groups excluding carboxylic acids is 2. The zero-order valence-electron chi connectivity index (χ0n) is 39.2. The number of likely N-dealkylation sites (N-methyl/N-ethyl adjacent to an activating group) is 1. The minimum atomic E-state index is -4.42. The number of rotatable bonds is 42. The number of unbranched alkanes of at least 4 members (excludes halogenated alkanes) is 16. The van der Waals surface area contributed by atoms with Crippen molar-refractivity contribution in [1.29, 1.82) is 0 Å². The molecule has 0 bridgehead atoms. The molecule has 0 saturated heterocycles. The van der Waals surface area contributed by atoms with Gasteiger partial charge in [-0.15, -0.1) is 0 Å². The first-order chi connectivity index (χ1) is 29.4. The molecule has 0 aliphatic carbocycles. The molecule has 61 heavy (non-hydrogen) atoms. The summed E-state index contributed by atoms with van der Waals surface area (Å²) in [6.45, 7) is 4.19. The van der Waals surface area contributed by atoms with Gasteiger partial charge in [-0.1, -0.05) is 157 Å². The average Bonchev–Trinajstić information content (AvgIpc) is 3.21. The van der Waals surface area contributed by atoms with E-state index < -0.39 is 38.6 Å². The van der Waals surface area contributed by atoms with Crippen LogP contribution in [-0.2, 0) is 32.7 Å². The van der Waals surface area contributed by atoms with Crippen LogP contribution in [0.5, 0.6) is 0 Å². The highest BCUT2D eigenvalue weighted by Crippen LogP contribution is 2.43. The van der Waals surface area contributed by atoms with Crippen molar-refractivity contribution in [3.63, 3.8) is 0 Å². The normalized spacial score (nSPS) is 14.7. The van der Waals surface area contributed by atoms with Gasteiger partial charge in [-0.3, -0.25) is 18.6 Å². The fraction of sp³-hybridized carbons (Fsp3) is 0.720. The summed E-state index contributed by atoms with van der Waals surface area (Å²) in [4.78, 5) is 35.4. The highest BCUT2D eigenvalue weighted by Gasteiger charge is 2.27. The third-order valence-electron chi connectivity index (χ3n) is 9.79. The number of aliphatic hydroxyl groups excluding tert-OH is 1. The molecule has 0 aromatic heterocycles. The number of allylic oxidation sites excluding steroid dienone is 10. The van der Waals surface area contributed by atoms with E-state index in [-0.39, 0.29) is 26.1 Å². The molecule has 0 aromatic rings. The van der Waals surface area contributed by atoms with Gasteiger partial charge >= 0.3 is 19.8 Å². The SMILES string of the molecule is CCCCC/C=C\C/C=C\CCCCCCCCCCCC(=O)OC[C@H](COP(=O)(O)OCC[N+](C)(C)C)OC(=O)CCC/C=C/C=C\C(O)C/C=C\C/C=C\CCCCC. The van der Waals surface area contributed by atoms with Crippen LogP contribution in [0.25, 0.3) is 0 Å². The van der Waals surface area contributed by atoms with Crippen molar-refractivity contribution in [1.82, 2.24) is 0 Å². The number of aliphatic hydroxyl groups is 1. The molecule has 0 heterocycles. The molecule has 10 nitrogen and oxygen atoms in total. The van der Waals surface area contributed by atoms with Crippen LogP contribution < -0.4 is 0 Å². The Kier molecular flexibility index (Phi) is 39.7. The molecular formula is C50H89NO9P+. The number of esters is 2. The Balaban J connectivity index is 4.49. The fourth-order valence-corrected chi connectivity index (χ4v) is 6.74. The van der Waals surface area contributed by atoms with Crippen molar-refractivity contribution in [2.45, 2.75) is 187 Å². The zero-order chi connectivity index (χ0) is 45.1. The lowest BCUT2D eigenvalue weighted by molar-refractivity contribution is -0.870. The maximum Gasteiger partial charge on any atom is 0.472 e. The van der Waals surface area contributed by atoms with Crippen LogP contribution in [0.15, 0.2) is 72.9 Å². The van der Waals surface area contributed by atoms with Crippen LogP contribution in [0.2, 0.25) is 0 Å². The highest BCUT2D eigenvalue weighted by atomic mass is 31.2. The summed E-state index contributed by atoms with van der Waals surface area (Å²) >= 11 is 0. The smallest absolute Gasteiger partial charge is 0.462 e. The largest absolute Gasteiger partial charge is 0.472 e. The number of phosphoric acid groups is 1. The predicted octanol–water partition coefficient (Wildman–Crippen LogP) is 12.8. The van der Waals surface area contributed by atoms with Crippen LogP contribution >= 0.6 is 7.82 Å². The van der Waals surface area contributed by atoms with Gasteiger partial charge in [-0.05, 0) is 77.0 Å². The summed E-state index contributed by atoms with van der Waals surface area (Å²) < 4.78 is 34.2. The Bertz CT molecular complexity index is 1280. The van der Waals surface area contributed by atoms with Gasteiger partial charge in [0.25, 0.3) is 0 Å². The van der Waals surface area contributed by atoms with E-state index in [1.165, 1.54) is 77.0 Å². The van der Waals surface area contributed by atoms with E-state index in [4.69, 9.17) is 18.5 Å². The lowest BCUT2D eigenvalue weighted by Gasteiger charge is -2.24. The topological polar surface area (TPSA) is 129 Å². The van der Waals surface area contributed by atoms with Crippen molar-refractivity contribution in [3.05, 3.63) is 72.9 Å². The van der Waals surface area contributed by atoms with Crippen LogP contribution in [-0.4, -0.2) is 86.1 Å². The maximum atomic E-state index is 12.7. The monoisotopic (exact) mass is 879 g/mol. The Morgan fingerprint density at radius 2 is 1.10 bits per heavy atom. The van der Waals surface area contributed by atoms with E-state index in [1.807, 2.05) is 39.4 Å². The Morgan fingerprint density at radius 1 is 0.590 bits per heavy atom. The molecule has 2 N–H and O–H groups in total. The summed E-state index contributed by atoms with van der Waals surface area (Å²) in [7, 11) is 1.38. The Labute approximate surface area is 372 Å². The van der Waals surface area contributed by atoms with E-state index >= 15 is 0 Å². The van der Waals surface area contributed by atoms with E-state index in [9.17, 15) is 24.2 Å². The Hall–Kier alpha value is -2.59. The molecule has 0 aromatic carbocycles. The number of quaternary nitrogens is 1. The average molecular weight is 879 g/mol. The van der Waals surface area contributed by atoms with E-state index in [2.05, 4.69) is 56.4 Å². The Morgan fingerprint density at radius 3 is 1.67 bits per heavy atom. The second kappa shape index (κ2) is 41.4. The van der Waals surface area contributed by atoms with Gasteiger partial charge in [0.05, 0.1) is 33.9 Å². The summed E-state index contributed by atoms with van der Waals surface area (Å²) in [5.41, 5.74) is 0. The zero-order valence-corrected chi connectivity index (χ0v) is 40.1. The lowest BCUT2D eigenvalue weighted by atomic mass is 10.1. The molecule has 0 amide bonds. The van der Waals surface area contributed by atoms with E-state index in [1.54, 1.807) is 12.2 Å². The molecule has 0 rings (SSSR count). The third kappa shape index (κ3) is 45.3. The van der Waals surface area contributed by atoms with Crippen molar-refractivity contribution in [3.8, 4) is 0 Å². The molecular weight excluding hydrogens is 790 g/mol. The minimum Gasteiger partial charge on any atom is -0.462 e. The van der Waals surface area contributed by atoms with E-state index in [0.717, 1.165) is 44.9 Å². The predicted molar refractivity (Wildman–Crippen MR) is 253 cm³/mol. The summed E-state index contributed by atoms with van der Waals surface area (Å²) in [6.07, 6.45) is 48.3. The number of nitrogens with zero attached hydrogens (tertiary/aromatic N) is 1. The quantitative estimate of drug-likeness (QED) is 0.0154. The number of hydrogen-bond acceptors (Lipinski definition) is 8. The first kappa shape index (κ1) is 58.4. The molecule has 11 heteroatoms. The molecule has 352 valence electrons. The number of hydrogen-bond donors (Lipinski definition) is 2. The van der Waals surface area contributed by atoms with Gasteiger partial charge in [0.15, 0.2) is 6.10 Å². The van der Waals surface area contributed by atoms with Crippen molar-refractivity contribution in [2.75, 3.05) is 47.5 Å². The minimum absolute atomic E-state index is 0.00212. The summed E-state index contributed by atoms with van der Waals surface area (Å²) in [6, 6.07) is 0. The third-order valence-corrected chi connectivity index (χ3v) is 10.8. The maximum absolute atomic E-state index is 12.7. The standard InChI is InChI=1S/C50H88NO9P/c1-6-8-10-12-14-16-17-18-19-20-21-22-23-24-25-27-29-33-37-41-49(53)57-45-48(46-59-61(55,56)58-44-43-51(3,4)5)60-50(54)42-38-34-30-32-36-40-47(52)39-35-31-28-26-15-13-11-9-7-2/h14-16,18-19,26,30-32,35-36,40,47-48,52H,6-13,17,20-25,27-29,33-34,37-39,41-46H2,1-5H3/p+1/b16-14-,19-18-,26-15-,32-30+,35-31-,40-36-/t47?,48-/m1/s1. The van der Waals surface area contributed by atoms with Crippen LogP contribution in [0.3, 0.4) is 0 Å². The molecule has 0 saturated carbocycles. The second-order valence-corrected chi connectivity index (χ2v) is 18.4. The highest BCUT2D eigenvalue weighted by molar-refractivity contribution is 7.47. The molecule has 0 radical (unpaired) electrons. The van der Waals surface area contributed by atoms with Gasteiger partial charge in [0.1, 0.15) is 19.8 Å². The summed E-state index contributed by atoms with van der Waals surface area (Å²) in [5, 5.41) is 10.2. The molecule has 3 atom stereocenters. The van der Waals surface area contributed by atoms with Crippen molar-refractivity contribution in [2.24, 2.45) is 0 Å². The van der Waals surface area contributed by atoms with Crippen molar-refractivity contribution >= 4 is 19.8 Å². The van der Waals surface area contributed by atoms with Crippen LogP contribution in [0.4, 0.5) is 0 Å². The molecule has 0 aliphatic rings. The van der Waals surface area contributed by atoms with E-state index in [0.29, 0.717) is 36.7 Å². The first-order valence-electron chi connectivity index (χ1n) is 23.8. The van der Waals surface area contributed by atoms with Crippen LogP contribution in [0.1, 0.15) is 174 Å². The van der Waals surface area contributed by atoms with Gasteiger partial charge in [0.2, 0.25) is 0 Å². The molecule has 0 fully saturated rings. The number of ether oxygens (including phenoxy) is 2. The summed E-state index contributed by atoms with van der Waals surface area (Å²) in [5.74, 6) is -0.937. The van der Waals surface area contributed by atoms with Gasteiger partial charge in [0, 0.05) is 12.8 Å². The van der Waals surface area contributed by atoms with Gasteiger partial charge in [-0.2, -0.15) is 0 Å². The van der Waals surface area contributed by atoms with Crippen molar-refractivity contribution < 1.29 is 47.2 Å². The van der Waals surface area contributed by atoms with Crippen LogP contribution in [0, 0.1) is 0 Å². The second-order valence-electron chi connectivity index (χ2n) is 17.0. The molecule has 0 aliphatic heterocycles.